The molecule has 0 heterocycles. The molecule has 8 heteroatoms. The Morgan fingerprint density at radius 3 is 0.944 bits per heavy atom. The maximum Gasteiger partial charge on any atom is 0.426 e. The summed E-state index contributed by atoms with van der Waals surface area (Å²) in [6, 6.07) is 0. The lowest BCUT2D eigenvalue weighted by atomic mass is 9.81. The smallest absolute Gasteiger partial charge is 0.229 e. The van der Waals surface area contributed by atoms with Crippen molar-refractivity contribution < 1.29 is 35.1 Å². The van der Waals surface area contributed by atoms with Gasteiger partial charge >= 0.3 is 12.4 Å². The summed E-state index contributed by atoms with van der Waals surface area (Å²) in [6.45, 7) is 1.34. The van der Waals surface area contributed by atoms with E-state index in [0.717, 1.165) is 13.8 Å². The Balaban J connectivity index is 6.06. The Morgan fingerprint density at radius 2 is 0.833 bits per heavy atom. The fourth-order valence-corrected chi connectivity index (χ4v) is 1.66. The number of hydrogen-bond donors (Lipinski definition) is 0. The summed E-state index contributed by atoms with van der Waals surface area (Å²) in [7, 11) is 0. The molecular formula is C10H12F8. The monoisotopic (exact) mass is 284 g/mol. The Kier molecular flexibility index (Phi) is 4.18. The fourth-order valence-electron chi connectivity index (χ4n) is 1.66. The second-order valence-corrected chi connectivity index (χ2v) is 4.38. The van der Waals surface area contributed by atoms with Crippen molar-refractivity contribution >= 4 is 0 Å². The lowest BCUT2D eigenvalue weighted by Crippen LogP contribution is -2.52. The Hall–Kier alpha value is -0.820. The van der Waals surface area contributed by atoms with Gasteiger partial charge in [0.25, 0.3) is 0 Å². The molecule has 0 N–H and O–H groups in total. The van der Waals surface area contributed by atoms with Crippen LogP contribution in [0, 0.1) is 0 Å². The highest BCUT2D eigenvalue weighted by atomic mass is 19.4. The summed E-state index contributed by atoms with van der Waals surface area (Å²) in [5.41, 5.74) is -11.5. The van der Waals surface area contributed by atoms with Crippen LogP contribution in [-0.2, 0) is 0 Å². The van der Waals surface area contributed by atoms with E-state index in [4.69, 9.17) is 0 Å². The molecule has 0 aliphatic carbocycles. The van der Waals surface area contributed by atoms with Crippen molar-refractivity contribution in [3.05, 3.63) is 11.1 Å². The van der Waals surface area contributed by atoms with Crippen LogP contribution < -0.4 is 0 Å². The van der Waals surface area contributed by atoms with Crippen LogP contribution >= 0.6 is 0 Å². The quantitative estimate of drug-likeness (QED) is 0.499. The maximum absolute atomic E-state index is 13.6. The van der Waals surface area contributed by atoms with Gasteiger partial charge in [-0.15, -0.1) is 0 Å². The lowest BCUT2D eigenvalue weighted by molar-refractivity contribution is -0.244. The normalized spacial score (nSPS) is 20.0. The minimum absolute atomic E-state index is 0.126. The average molecular weight is 284 g/mol. The Labute approximate surface area is 98.7 Å². The first-order valence-corrected chi connectivity index (χ1v) is 4.76. The van der Waals surface area contributed by atoms with Gasteiger partial charge in [-0.1, -0.05) is 5.57 Å². The largest absolute Gasteiger partial charge is 0.426 e. The van der Waals surface area contributed by atoms with Gasteiger partial charge in [0.15, 0.2) is 0 Å². The molecule has 2 atom stereocenters. The summed E-state index contributed by atoms with van der Waals surface area (Å²) < 4.78 is 102. The maximum atomic E-state index is 13.6. The van der Waals surface area contributed by atoms with E-state index in [0.29, 0.717) is 0 Å². The number of alkyl halides is 8. The SMILES string of the molecule is CC(C)=C(C(C)(F)C(F)(F)F)C(C)(F)C(F)(F)F. The second-order valence-electron chi connectivity index (χ2n) is 4.38. The molecule has 0 fully saturated rings. The molecule has 0 rings (SSSR count). The Bertz CT molecular complexity index is 310. The van der Waals surface area contributed by atoms with E-state index >= 15 is 0 Å². The first-order valence-electron chi connectivity index (χ1n) is 4.76. The third kappa shape index (κ3) is 2.77. The van der Waals surface area contributed by atoms with Crippen molar-refractivity contribution in [3.8, 4) is 0 Å². The van der Waals surface area contributed by atoms with Crippen molar-refractivity contribution in [2.24, 2.45) is 0 Å². The number of hydrogen-bond acceptors (Lipinski definition) is 0. The molecule has 0 aliphatic rings. The summed E-state index contributed by atoms with van der Waals surface area (Å²) in [4.78, 5) is 0. The first kappa shape index (κ1) is 17.2. The molecule has 0 spiro atoms. The summed E-state index contributed by atoms with van der Waals surface area (Å²) in [5.74, 6) is 0. The van der Waals surface area contributed by atoms with Crippen molar-refractivity contribution in [3.63, 3.8) is 0 Å². The lowest BCUT2D eigenvalue weighted by Gasteiger charge is -2.36. The predicted octanol–water partition coefficient (Wildman–Crippen LogP) is 4.90. The van der Waals surface area contributed by atoms with Gasteiger partial charge in [0, 0.05) is 5.57 Å². The van der Waals surface area contributed by atoms with Crippen LogP contribution in [0.1, 0.15) is 27.7 Å². The van der Waals surface area contributed by atoms with Crippen molar-refractivity contribution in [2.45, 2.75) is 51.4 Å². The molecule has 0 saturated heterocycles. The minimum atomic E-state index is -5.64. The van der Waals surface area contributed by atoms with Crippen molar-refractivity contribution in [2.75, 3.05) is 0 Å². The molecule has 0 radical (unpaired) electrons. The molecule has 18 heavy (non-hydrogen) atoms. The zero-order valence-corrected chi connectivity index (χ0v) is 10.0. The third-order valence-corrected chi connectivity index (χ3v) is 2.50. The van der Waals surface area contributed by atoms with Crippen LogP contribution in [0.2, 0.25) is 0 Å². The molecule has 2 unspecified atom stereocenters. The van der Waals surface area contributed by atoms with Gasteiger partial charge in [-0.25, -0.2) is 8.78 Å². The van der Waals surface area contributed by atoms with Gasteiger partial charge in [0.2, 0.25) is 11.3 Å². The summed E-state index contributed by atoms with van der Waals surface area (Å²) >= 11 is 0. The van der Waals surface area contributed by atoms with Gasteiger partial charge in [0.05, 0.1) is 0 Å². The fraction of sp³-hybridized carbons (Fsp3) is 0.800. The first-order chi connectivity index (χ1) is 7.57. The number of rotatable bonds is 2. The molecule has 0 amide bonds. The van der Waals surface area contributed by atoms with Gasteiger partial charge < -0.3 is 0 Å². The second kappa shape index (κ2) is 4.38. The van der Waals surface area contributed by atoms with Gasteiger partial charge in [-0.05, 0) is 27.7 Å². The van der Waals surface area contributed by atoms with Crippen molar-refractivity contribution in [1.29, 1.82) is 0 Å². The highest BCUT2D eigenvalue weighted by molar-refractivity contribution is 5.33. The Morgan fingerprint density at radius 1 is 0.611 bits per heavy atom. The number of halogens is 8. The molecule has 0 aromatic rings. The highest BCUT2D eigenvalue weighted by Gasteiger charge is 2.66. The van der Waals surface area contributed by atoms with E-state index in [1.54, 1.807) is 0 Å². The zero-order valence-electron chi connectivity index (χ0n) is 10.0. The topological polar surface area (TPSA) is 0 Å². The molecule has 0 saturated carbocycles. The van der Waals surface area contributed by atoms with Crippen LogP contribution in [0.4, 0.5) is 35.1 Å². The molecule has 0 aliphatic heterocycles. The number of allylic oxidation sites excluding steroid dienone is 2. The van der Waals surface area contributed by atoms with Crippen LogP contribution in [0.25, 0.3) is 0 Å². The van der Waals surface area contributed by atoms with Gasteiger partial charge in [-0.2, -0.15) is 26.3 Å². The van der Waals surface area contributed by atoms with Crippen LogP contribution in [0.15, 0.2) is 11.1 Å². The van der Waals surface area contributed by atoms with E-state index in [2.05, 4.69) is 0 Å². The minimum Gasteiger partial charge on any atom is -0.229 e. The van der Waals surface area contributed by atoms with Crippen LogP contribution in [0.3, 0.4) is 0 Å². The average Bonchev–Trinajstić information content (AvgIpc) is 1.96. The standard InChI is InChI=1S/C10H12F8/c1-5(2)6(7(3,11)9(13,14)15)8(4,12)10(16,17)18/h1-4H3. The van der Waals surface area contributed by atoms with E-state index in [1.807, 2.05) is 0 Å². The van der Waals surface area contributed by atoms with E-state index in [-0.39, 0.29) is 13.8 Å². The van der Waals surface area contributed by atoms with Gasteiger partial charge in [0.1, 0.15) is 0 Å². The summed E-state index contributed by atoms with van der Waals surface area (Å²) in [5, 5.41) is 0. The third-order valence-electron chi connectivity index (χ3n) is 2.50. The predicted molar refractivity (Wildman–Crippen MR) is 49.5 cm³/mol. The zero-order chi connectivity index (χ0) is 15.2. The summed E-state index contributed by atoms with van der Waals surface area (Å²) in [6.07, 6.45) is -11.3. The van der Waals surface area contributed by atoms with E-state index in [1.165, 1.54) is 0 Å². The molecular weight excluding hydrogens is 272 g/mol. The molecule has 108 valence electrons. The molecule has 0 aromatic carbocycles. The molecule has 0 nitrogen and oxygen atoms in total. The van der Waals surface area contributed by atoms with Gasteiger partial charge in [-0.3, -0.25) is 0 Å². The van der Waals surface area contributed by atoms with Crippen molar-refractivity contribution in [1.82, 2.24) is 0 Å². The molecule has 0 bridgehead atoms. The van der Waals surface area contributed by atoms with E-state index < -0.39 is 34.8 Å². The van der Waals surface area contributed by atoms with Crippen LogP contribution in [0.5, 0.6) is 0 Å². The highest BCUT2D eigenvalue weighted by Crippen LogP contribution is 2.51. The molecule has 0 aromatic heterocycles. The van der Waals surface area contributed by atoms with Crippen LogP contribution in [-0.4, -0.2) is 23.7 Å². The van der Waals surface area contributed by atoms with E-state index in [9.17, 15) is 35.1 Å².